The van der Waals surface area contributed by atoms with Crippen LogP contribution < -0.4 is 0 Å². The molecule has 1 heteroatoms. The maximum absolute atomic E-state index is 5.63. The molecule has 0 saturated heterocycles. The van der Waals surface area contributed by atoms with E-state index in [1.165, 1.54) is 18.4 Å². The van der Waals surface area contributed by atoms with Gasteiger partial charge in [-0.1, -0.05) is 25.0 Å². The van der Waals surface area contributed by atoms with Crippen molar-refractivity contribution in [2.24, 2.45) is 17.8 Å². The largest absolute Gasteiger partial charge is 0.365 e. The van der Waals surface area contributed by atoms with Crippen LogP contribution in [0.15, 0.2) is 12.2 Å². The van der Waals surface area contributed by atoms with Gasteiger partial charge in [-0.2, -0.15) is 0 Å². The van der Waals surface area contributed by atoms with Crippen molar-refractivity contribution in [2.75, 3.05) is 6.61 Å². The van der Waals surface area contributed by atoms with Gasteiger partial charge < -0.3 is 4.74 Å². The highest BCUT2D eigenvalue weighted by Crippen LogP contribution is 2.44. The predicted molar refractivity (Wildman–Crippen MR) is 66.9 cm³/mol. The molecule has 0 aromatic heterocycles. The zero-order valence-corrected chi connectivity index (χ0v) is 10.5. The number of rotatable bonds is 2. The minimum absolute atomic E-state index is 0.0920. The van der Waals surface area contributed by atoms with E-state index in [0.29, 0.717) is 5.92 Å². The van der Waals surface area contributed by atoms with Crippen LogP contribution in [-0.2, 0) is 4.74 Å². The predicted octanol–water partition coefficient (Wildman–Crippen LogP) is 3.41. The summed E-state index contributed by atoms with van der Waals surface area (Å²) >= 11 is 0. The summed E-state index contributed by atoms with van der Waals surface area (Å²) in [4.78, 5) is 0. The van der Waals surface area contributed by atoms with Crippen LogP contribution in [-0.4, -0.2) is 12.7 Å². The fraction of sp³-hybridized carbons (Fsp3) is 0.733. The van der Waals surface area contributed by atoms with Gasteiger partial charge in [0, 0.05) is 19.4 Å². The van der Waals surface area contributed by atoms with Gasteiger partial charge in [0.05, 0.1) is 0 Å². The highest BCUT2D eigenvalue weighted by molar-refractivity contribution is 5.18. The van der Waals surface area contributed by atoms with Gasteiger partial charge in [0.15, 0.2) is 0 Å². The number of fused-ring (bicyclic) bond motifs is 1. The van der Waals surface area contributed by atoms with Crippen molar-refractivity contribution in [2.45, 2.75) is 45.6 Å². The summed E-state index contributed by atoms with van der Waals surface area (Å²) in [5.41, 5.74) is 1.38. The third-order valence-electron chi connectivity index (χ3n) is 4.12. The minimum Gasteiger partial charge on any atom is -0.365 e. The maximum Gasteiger partial charge on any atom is 0.121 e. The lowest BCUT2D eigenvalue weighted by molar-refractivity contribution is 0.0995. The van der Waals surface area contributed by atoms with E-state index in [1.807, 2.05) is 6.92 Å². The Morgan fingerprint density at radius 1 is 1.44 bits per heavy atom. The first-order valence-corrected chi connectivity index (χ1v) is 6.50. The molecular weight excluding hydrogens is 196 g/mol. The molecule has 0 amide bonds. The summed E-state index contributed by atoms with van der Waals surface area (Å²) < 4.78 is 5.63. The zero-order valence-electron chi connectivity index (χ0n) is 10.5. The lowest BCUT2D eigenvalue weighted by Gasteiger charge is -2.26. The number of ether oxygens (including phenoxy) is 1. The van der Waals surface area contributed by atoms with E-state index in [2.05, 4.69) is 25.3 Å². The molecule has 0 aromatic rings. The molecule has 0 heterocycles. The van der Waals surface area contributed by atoms with Gasteiger partial charge in [-0.3, -0.25) is 0 Å². The van der Waals surface area contributed by atoms with Crippen LogP contribution >= 0.6 is 0 Å². The molecular formula is C15H22O. The van der Waals surface area contributed by atoms with Crippen molar-refractivity contribution >= 4 is 0 Å². The molecule has 0 unspecified atom stereocenters. The zero-order chi connectivity index (χ0) is 11.5. The molecule has 1 saturated carbocycles. The first-order valence-electron chi connectivity index (χ1n) is 6.50. The molecule has 4 atom stereocenters. The monoisotopic (exact) mass is 218 g/mol. The van der Waals surface area contributed by atoms with Crippen molar-refractivity contribution in [3.63, 3.8) is 0 Å². The summed E-state index contributed by atoms with van der Waals surface area (Å²) in [6, 6.07) is 0. The maximum atomic E-state index is 5.63. The van der Waals surface area contributed by atoms with Crippen LogP contribution in [0.1, 0.15) is 39.5 Å². The Hall–Kier alpha value is -0.740. The topological polar surface area (TPSA) is 9.23 Å². The lowest BCUT2D eigenvalue weighted by Crippen LogP contribution is -2.21. The second-order valence-electron chi connectivity index (χ2n) is 5.16. The third-order valence-corrected chi connectivity index (χ3v) is 4.12. The van der Waals surface area contributed by atoms with Gasteiger partial charge in [-0.15, -0.1) is 5.92 Å². The number of hydrogen-bond acceptors (Lipinski definition) is 1. The molecule has 2 aliphatic rings. The van der Waals surface area contributed by atoms with Crippen LogP contribution in [0.25, 0.3) is 0 Å². The summed E-state index contributed by atoms with van der Waals surface area (Å²) in [6.07, 6.45) is 4.72. The van der Waals surface area contributed by atoms with Crippen LogP contribution in [0, 0.1) is 29.6 Å². The first-order chi connectivity index (χ1) is 7.72. The van der Waals surface area contributed by atoms with Gasteiger partial charge in [0.25, 0.3) is 0 Å². The molecule has 0 aliphatic heterocycles. The Balaban J connectivity index is 2.11. The normalized spacial score (nSPS) is 38.2. The SMILES string of the molecule is C=C1C[C@H](OCC)C#CC[C@H]2[C@H](C)CC[C@@H]12. The summed E-state index contributed by atoms with van der Waals surface area (Å²) in [5, 5.41) is 0. The van der Waals surface area contributed by atoms with Crippen LogP contribution in [0.5, 0.6) is 0 Å². The van der Waals surface area contributed by atoms with E-state index in [9.17, 15) is 0 Å². The Bertz CT molecular complexity index is 320. The van der Waals surface area contributed by atoms with Gasteiger partial charge in [-0.25, -0.2) is 0 Å². The van der Waals surface area contributed by atoms with E-state index < -0.39 is 0 Å². The molecule has 2 rings (SSSR count). The molecule has 16 heavy (non-hydrogen) atoms. The Labute approximate surface area is 99.3 Å². The van der Waals surface area contributed by atoms with Crippen LogP contribution in [0.2, 0.25) is 0 Å². The fourth-order valence-corrected chi connectivity index (χ4v) is 3.15. The highest BCUT2D eigenvalue weighted by Gasteiger charge is 2.35. The average molecular weight is 218 g/mol. The highest BCUT2D eigenvalue weighted by atomic mass is 16.5. The molecule has 1 nitrogen and oxygen atoms in total. The second kappa shape index (κ2) is 5.06. The van der Waals surface area contributed by atoms with Crippen molar-refractivity contribution in [3.05, 3.63) is 12.2 Å². The third kappa shape index (κ3) is 2.33. The molecule has 2 aliphatic carbocycles. The number of hydrogen-bond donors (Lipinski definition) is 0. The van der Waals surface area contributed by atoms with E-state index in [1.54, 1.807) is 0 Å². The summed E-state index contributed by atoms with van der Waals surface area (Å²) in [7, 11) is 0. The molecule has 0 bridgehead atoms. The summed E-state index contributed by atoms with van der Waals surface area (Å²) in [6.45, 7) is 9.42. The fourth-order valence-electron chi connectivity index (χ4n) is 3.15. The van der Waals surface area contributed by atoms with E-state index in [4.69, 9.17) is 4.74 Å². The molecule has 88 valence electrons. The summed E-state index contributed by atoms with van der Waals surface area (Å²) in [5.74, 6) is 8.85. The lowest BCUT2D eigenvalue weighted by atomic mass is 9.80. The van der Waals surface area contributed by atoms with Crippen LogP contribution in [0.4, 0.5) is 0 Å². The van der Waals surface area contributed by atoms with Crippen molar-refractivity contribution in [1.29, 1.82) is 0 Å². The van der Waals surface area contributed by atoms with Gasteiger partial charge in [0.1, 0.15) is 6.10 Å². The Morgan fingerprint density at radius 3 is 3.00 bits per heavy atom. The van der Waals surface area contributed by atoms with Crippen molar-refractivity contribution in [3.8, 4) is 11.8 Å². The van der Waals surface area contributed by atoms with Crippen LogP contribution in [0.3, 0.4) is 0 Å². The van der Waals surface area contributed by atoms with Crippen molar-refractivity contribution < 1.29 is 4.74 Å². The smallest absolute Gasteiger partial charge is 0.121 e. The van der Waals surface area contributed by atoms with Crippen molar-refractivity contribution in [1.82, 2.24) is 0 Å². The second-order valence-corrected chi connectivity index (χ2v) is 5.16. The molecule has 1 fully saturated rings. The average Bonchev–Trinajstić information content (AvgIpc) is 2.58. The van der Waals surface area contributed by atoms with E-state index in [0.717, 1.165) is 31.3 Å². The van der Waals surface area contributed by atoms with Gasteiger partial charge >= 0.3 is 0 Å². The van der Waals surface area contributed by atoms with Gasteiger partial charge in [0.2, 0.25) is 0 Å². The first kappa shape index (κ1) is 11.7. The quantitative estimate of drug-likeness (QED) is 0.510. The Kier molecular flexibility index (Phi) is 3.71. The standard InChI is InChI=1S/C15H22O/c1-4-16-13-6-5-7-14-11(2)8-9-15(14)12(3)10-13/h11,13-15H,3-4,7-10H2,1-2H3/t11-,13-,14+,15+/m1/s1. The molecule has 0 aromatic carbocycles. The minimum atomic E-state index is 0.0920. The molecule has 0 radical (unpaired) electrons. The van der Waals surface area contributed by atoms with E-state index >= 15 is 0 Å². The molecule has 0 spiro atoms. The Morgan fingerprint density at radius 2 is 2.25 bits per heavy atom. The van der Waals surface area contributed by atoms with Gasteiger partial charge in [-0.05, 0) is 37.5 Å². The molecule has 0 N–H and O–H groups in total. The van der Waals surface area contributed by atoms with E-state index in [-0.39, 0.29) is 6.10 Å².